The average molecular weight is 410 g/mol. The minimum atomic E-state index is -3.66. The second kappa shape index (κ2) is 9.92. The van der Waals surface area contributed by atoms with Gasteiger partial charge in [-0.2, -0.15) is 8.78 Å². The number of rotatable bonds is 9. The summed E-state index contributed by atoms with van der Waals surface area (Å²) in [5, 5.41) is 5.05. The average Bonchev–Trinajstić information content (AvgIpc) is 2.65. The van der Waals surface area contributed by atoms with Crippen LogP contribution < -0.4 is 15.4 Å². The Morgan fingerprint density at radius 3 is 2.41 bits per heavy atom. The number of alkyl halides is 2. The number of hydrogen-bond acceptors (Lipinski definition) is 4. The van der Waals surface area contributed by atoms with Crippen LogP contribution in [0.3, 0.4) is 0 Å². The summed E-state index contributed by atoms with van der Waals surface area (Å²) in [6, 6.07) is 8.74. The molecule has 0 fully saturated rings. The third-order valence-corrected chi connectivity index (χ3v) is 3.83. The summed E-state index contributed by atoms with van der Waals surface area (Å²) in [4.78, 5) is 23.3. The van der Waals surface area contributed by atoms with E-state index in [9.17, 15) is 22.8 Å². The van der Waals surface area contributed by atoms with Gasteiger partial charge in [-0.3, -0.25) is 9.59 Å². The molecule has 0 bridgehead atoms. The molecule has 6 nitrogen and oxygen atoms in total. The van der Waals surface area contributed by atoms with E-state index in [0.717, 1.165) is 24.3 Å². The molecule has 0 saturated heterocycles. The van der Waals surface area contributed by atoms with Crippen LogP contribution >= 0.6 is 0 Å². The van der Waals surface area contributed by atoms with Gasteiger partial charge in [0.05, 0.1) is 12.2 Å². The molecule has 0 spiro atoms. The van der Waals surface area contributed by atoms with E-state index in [1.807, 2.05) is 0 Å². The topological polar surface area (TPSA) is 76.7 Å². The van der Waals surface area contributed by atoms with Crippen molar-refractivity contribution >= 4 is 11.8 Å². The smallest absolute Gasteiger partial charge is 0.426 e. The van der Waals surface area contributed by atoms with Gasteiger partial charge < -0.3 is 20.1 Å². The van der Waals surface area contributed by atoms with Crippen molar-refractivity contribution in [2.45, 2.75) is 25.6 Å². The van der Waals surface area contributed by atoms with Gasteiger partial charge in [0, 0.05) is 26.6 Å². The molecular weight excluding hydrogens is 389 g/mol. The molecule has 0 aliphatic heterocycles. The first-order valence-electron chi connectivity index (χ1n) is 8.67. The zero-order valence-electron chi connectivity index (χ0n) is 15.9. The minimum Gasteiger partial charge on any atom is -0.429 e. The fourth-order valence-corrected chi connectivity index (χ4v) is 2.46. The summed E-state index contributed by atoms with van der Waals surface area (Å²) in [5.41, 5.74) is 0.134. The minimum absolute atomic E-state index is 0.00596. The maximum atomic E-state index is 14.3. The van der Waals surface area contributed by atoms with E-state index in [1.165, 1.54) is 38.3 Å². The summed E-state index contributed by atoms with van der Waals surface area (Å²) in [6.07, 6.45) is -3.66. The van der Waals surface area contributed by atoms with Gasteiger partial charge in [-0.1, -0.05) is 18.2 Å². The van der Waals surface area contributed by atoms with Crippen LogP contribution in [0.5, 0.6) is 5.75 Å². The van der Waals surface area contributed by atoms with Crippen molar-refractivity contribution in [1.82, 2.24) is 10.6 Å². The van der Waals surface area contributed by atoms with E-state index < -0.39 is 29.4 Å². The fraction of sp³-hybridized carbons (Fsp3) is 0.300. The number of amides is 2. The van der Waals surface area contributed by atoms with Gasteiger partial charge in [0.1, 0.15) is 17.6 Å². The standard InChI is InChI=1S/C20H21F3N2O4/c1-13(26)25-18(12-28-2)19(27)24-11-14-6-8-15(9-7-14)20(22,23)29-17-5-3-4-16(21)10-17/h3-10,18H,11-12H2,1-2H3,(H,24,27)(H,25,26)/t18-/m1/s1. The third-order valence-electron chi connectivity index (χ3n) is 3.83. The van der Waals surface area contributed by atoms with Gasteiger partial charge in [-0.05, 0) is 29.8 Å². The van der Waals surface area contributed by atoms with E-state index >= 15 is 0 Å². The van der Waals surface area contributed by atoms with Gasteiger partial charge in [-0.15, -0.1) is 0 Å². The Labute approximate surface area is 166 Å². The van der Waals surface area contributed by atoms with Crippen LogP contribution in [0, 0.1) is 5.82 Å². The van der Waals surface area contributed by atoms with E-state index in [4.69, 9.17) is 4.74 Å². The van der Waals surface area contributed by atoms with Crippen LogP contribution in [0.25, 0.3) is 0 Å². The molecule has 156 valence electrons. The lowest BCUT2D eigenvalue weighted by Gasteiger charge is -2.19. The number of ether oxygens (including phenoxy) is 2. The first-order chi connectivity index (χ1) is 13.7. The van der Waals surface area contributed by atoms with Crippen molar-refractivity contribution < 1.29 is 32.2 Å². The molecule has 0 aromatic heterocycles. The second-order valence-electron chi connectivity index (χ2n) is 6.20. The lowest BCUT2D eigenvalue weighted by atomic mass is 10.1. The molecule has 0 aliphatic rings. The first kappa shape index (κ1) is 22.2. The van der Waals surface area contributed by atoms with Crippen molar-refractivity contribution in [2.24, 2.45) is 0 Å². The molecule has 9 heteroatoms. The number of halogens is 3. The largest absolute Gasteiger partial charge is 0.429 e. The summed E-state index contributed by atoms with van der Waals surface area (Å²) in [5.74, 6) is -1.83. The van der Waals surface area contributed by atoms with Gasteiger partial charge in [0.25, 0.3) is 0 Å². The molecule has 1 atom stereocenters. The summed E-state index contributed by atoms with van der Waals surface area (Å²) < 4.78 is 51.2. The van der Waals surface area contributed by atoms with E-state index in [1.54, 1.807) is 0 Å². The van der Waals surface area contributed by atoms with Crippen molar-refractivity contribution in [3.63, 3.8) is 0 Å². The van der Waals surface area contributed by atoms with Crippen LogP contribution in [0.1, 0.15) is 18.1 Å². The van der Waals surface area contributed by atoms with Gasteiger partial charge in [0.2, 0.25) is 11.8 Å². The molecule has 2 N–H and O–H groups in total. The highest BCUT2D eigenvalue weighted by molar-refractivity contribution is 5.86. The molecule has 0 radical (unpaired) electrons. The van der Waals surface area contributed by atoms with Crippen molar-refractivity contribution in [2.75, 3.05) is 13.7 Å². The molecule has 29 heavy (non-hydrogen) atoms. The number of benzene rings is 2. The Kier molecular flexibility index (Phi) is 7.60. The van der Waals surface area contributed by atoms with Crippen LogP contribution in [-0.2, 0) is 27.0 Å². The lowest BCUT2D eigenvalue weighted by molar-refractivity contribution is -0.185. The third kappa shape index (κ3) is 6.79. The van der Waals surface area contributed by atoms with Crippen molar-refractivity contribution in [3.05, 3.63) is 65.5 Å². The molecule has 0 unspecified atom stereocenters. The highest BCUT2D eigenvalue weighted by atomic mass is 19.3. The molecule has 2 rings (SSSR count). The highest BCUT2D eigenvalue weighted by Gasteiger charge is 2.34. The van der Waals surface area contributed by atoms with Gasteiger partial charge in [-0.25, -0.2) is 4.39 Å². The monoisotopic (exact) mass is 410 g/mol. The zero-order chi connectivity index (χ0) is 21.4. The molecule has 0 saturated carbocycles. The highest BCUT2D eigenvalue weighted by Crippen LogP contribution is 2.31. The van der Waals surface area contributed by atoms with Crippen LogP contribution in [-0.4, -0.2) is 31.6 Å². The molecule has 0 heterocycles. The number of carbonyl (C=O) groups excluding carboxylic acids is 2. The molecule has 2 aromatic rings. The summed E-state index contributed by atoms with van der Waals surface area (Å²) >= 11 is 0. The van der Waals surface area contributed by atoms with Crippen LogP contribution in [0.15, 0.2) is 48.5 Å². The van der Waals surface area contributed by atoms with Crippen LogP contribution in [0.2, 0.25) is 0 Å². The first-order valence-corrected chi connectivity index (χ1v) is 8.67. The Balaban J connectivity index is 1.98. The Morgan fingerprint density at radius 2 is 1.83 bits per heavy atom. The van der Waals surface area contributed by atoms with Crippen molar-refractivity contribution in [3.8, 4) is 5.75 Å². The van der Waals surface area contributed by atoms with E-state index in [-0.39, 0.29) is 24.8 Å². The number of carbonyl (C=O) groups is 2. The van der Waals surface area contributed by atoms with Gasteiger partial charge >= 0.3 is 6.11 Å². The quantitative estimate of drug-likeness (QED) is 0.667. The Hall–Kier alpha value is -3.07. The number of nitrogens with one attached hydrogen (secondary N) is 2. The Morgan fingerprint density at radius 1 is 1.14 bits per heavy atom. The Bertz CT molecular complexity index is 844. The number of methoxy groups -OCH3 is 1. The molecular formula is C20H21F3N2O4. The van der Waals surface area contributed by atoms with Crippen LogP contribution in [0.4, 0.5) is 13.2 Å². The normalized spacial score (nSPS) is 12.2. The maximum absolute atomic E-state index is 14.3. The fourth-order valence-electron chi connectivity index (χ4n) is 2.46. The van der Waals surface area contributed by atoms with E-state index in [2.05, 4.69) is 15.4 Å². The summed E-state index contributed by atoms with van der Waals surface area (Å²) in [6.45, 7) is 1.34. The van der Waals surface area contributed by atoms with Gasteiger partial charge in [0.15, 0.2) is 0 Å². The molecule has 0 aliphatic carbocycles. The zero-order valence-corrected chi connectivity index (χ0v) is 15.9. The second-order valence-corrected chi connectivity index (χ2v) is 6.20. The molecule has 2 aromatic carbocycles. The van der Waals surface area contributed by atoms with Crippen molar-refractivity contribution in [1.29, 1.82) is 0 Å². The maximum Gasteiger partial charge on any atom is 0.426 e. The predicted octanol–water partition coefficient (Wildman–Crippen LogP) is 2.72. The lowest BCUT2D eigenvalue weighted by Crippen LogP contribution is -2.48. The predicted molar refractivity (Wildman–Crippen MR) is 98.7 cm³/mol. The molecule has 2 amide bonds. The van der Waals surface area contributed by atoms with E-state index in [0.29, 0.717) is 5.56 Å². The number of hydrogen-bond donors (Lipinski definition) is 2. The SMILES string of the molecule is COC[C@@H](NC(C)=O)C(=O)NCc1ccc(C(F)(F)Oc2cccc(F)c2)cc1. The summed E-state index contributed by atoms with van der Waals surface area (Å²) in [7, 11) is 1.40.